The summed E-state index contributed by atoms with van der Waals surface area (Å²) in [6, 6.07) is 3.49. The fourth-order valence-corrected chi connectivity index (χ4v) is 2.55. The summed E-state index contributed by atoms with van der Waals surface area (Å²) >= 11 is 0. The monoisotopic (exact) mass is 288 g/mol. The van der Waals surface area contributed by atoms with Crippen molar-refractivity contribution >= 4 is 34.3 Å². The average molecular weight is 288 g/mol. The Bertz CT molecular complexity index is 722. The van der Waals surface area contributed by atoms with E-state index >= 15 is 0 Å². The molecule has 21 heavy (non-hydrogen) atoms. The average Bonchev–Trinajstić information content (AvgIpc) is 3.05. The van der Waals surface area contributed by atoms with Gasteiger partial charge in [-0.15, -0.1) is 0 Å². The maximum atomic E-state index is 11.9. The van der Waals surface area contributed by atoms with Gasteiger partial charge in [-0.05, 0) is 25.5 Å². The summed E-state index contributed by atoms with van der Waals surface area (Å²) in [6.45, 7) is 2.66. The minimum Gasteiger partial charge on any atom is -0.448 e. The Balaban J connectivity index is 2.10. The van der Waals surface area contributed by atoms with E-state index in [0.717, 1.165) is 6.42 Å². The topological polar surface area (TPSA) is 90.4 Å². The lowest BCUT2D eigenvalue weighted by Crippen LogP contribution is -2.24. The van der Waals surface area contributed by atoms with E-state index in [-0.39, 0.29) is 12.5 Å². The standard InChI is InChI=1S/C14H16N4O3/c1-2-21-14(20)18-12-7-9(17-5-3-4-13(17)19)6-11(15)10(12)8-16-18/h6-8H,2-5,15H2,1H3. The third-order valence-corrected chi connectivity index (χ3v) is 3.53. The van der Waals surface area contributed by atoms with Crippen LogP contribution in [0.25, 0.3) is 10.9 Å². The molecule has 1 aromatic heterocycles. The van der Waals surface area contributed by atoms with Gasteiger partial charge in [-0.25, -0.2) is 4.79 Å². The third-order valence-electron chi connectivity index (χ3n) is 3.53. The number of anilines is 2. The highest BCUT2D eigenvalue weighted by Crippen LogP contribution is 2.30. The number of rotatable bonds is 2. The van der Waals surface area contributed by atoms with Crippen molar-refractivity contribution in [3.63, 3.8) is 0 Å². The summed E-state index contributed by atoms with van der Waals surface area (Å²) in [5.74, 6) is 0.0657. The highest BCUT2D eigenvalue weighted by molar-refractivity contribution is 6.02. The van der Waals surface area contributed by atoms with Crippen LogP contribution in [0, 0.1) is 0 Å². The van der Waals surface area contributed by atoms with Crippen molar-refractivity contribution in [2.24, 2.45) is 0 Å². The molecule has 0 atom stereocenters. The van der Waals surface area contributed by atoms with Gasteiger partial charge < -0.3 is 15.4 Å². The molecule has 1 fully saturated rings. The van der Waals surface area contributed by atoms with Gasteiger partial charge in [0.05, 0.1) is 18.3 Å². The summed E-state index contributed by atoms with van der Waals surface area (Å²) < 4.78 is 6.13. The molecule has 7 heteroatoms. The van der Waals surface area contributed by atoms with Crippen LogP contribution in [0.1, 0.15) is 19.8 Å². The summed E-state index contributed by atoms with van der Waals surface area (Å²) in [5, 5.41) is 4.69. The number of carbonyl (C=O) groups is 2. The Hall–Kier alpha value is -2.57. The molecule has 0 radical (unpaired) electrons. The van der Waals surface area contributed by atoms with Gasteiger partial charge in [0.25, 0.3) is 0 Å². The number of ether oxygens (including phenoxy) is 1. The van der Waals surface area contributed by atoms with Gasteiger partial charge in [-0.1, -0.05) is 0 Å². The first-order chi connectivity index (χ1) is 10.1. The normalized spacial score (nSPS) is 14.9. The van der Waals surface area contributed by atoms with E-state index in [0.29, 0.717) is 35.2 Å². The van der Waals surface area contributed by atoms with Gasteiger partial charge in [0.2, 0.25) is 5.91 Å². The molecule has 110 valence electrons. The van der Waals surface area contributed by atoms with Crippen LogP contribution >= 0.6 is 0 Å². The molecule has 2 heterocycles. The Morgan fingerprint density at radius 1 is 1.48 bits per heavy atom. The minimum atomic E-state index is -0.559. The fraction of sp³-hybridized carbons (Fsp3) is 0.357. The van der Waals surface area contributed by atoms with Crippen LogP contribution in [0.15, 0.2) is 18.3 Å². The molecule has 0 unspecified atom stereocenters. The second-order valence-corrected chi connectivity index (χ2v) is 4.87. The van der Waals surface area contributed by atoms with Crippen LogP contribution < -0.4 is 10.6 Å². The van der Waals surface area contributed by atoms with Gasteiger partial charge >= 0.3 is 6.09 Å². The smallest absolute Gasteiger partial charge is 0.435 e. The number of hydrogen-bond donors (Lipinski definition) is 1. The van der Waals surface area contributed by atoms with Crippen molar-refractivity contribution in [2.75, 3.05) is 23.8 Å². The molecule has 1 saturated heterocycles. The number of nitrogen functional groups attached to an aromatic ring is 1. The lowest BCUT2D eigenvalue weighted by atomic mass is 10.2. The number of amides is 1. The molecule has 2 N–H and O–H groups in total. The van der Waals surface area contributed by atoms with Crippen LogP contribution in [0.2, 0.25) is 0 Å². The van der Waals surface area contributed by atoms with Crippen molar-refractivity contribution in [3.8, 4) is 0 Å². The molecule has 0 saturated carbocycles. The summed E-state index contributed by atoms with van der Waals surface area (Å²) in [5.41, 5.74) is 7.73. The molecule has 0 aliphatic carbocycles. The van der Waals surface area contributed by atoms with E-state index in [2.05, 4.69) is 5.10 Å². The summed E-state index contributed by atoms with van der Waals surface area (Å²) in [6.07, 6.45) is 2.33. The van der Waals surface area contributed by atoms with Gasteiger partial charge in [0, 0.05) is 29.7 Å². The number of fused-ring (bicyclic) bond motifs is 1. The van der Waals surface area contributed by atoms with Crippen molar-refractivity contribution in [1.29, 1.82) is 0 Å². The molecule has 0 bridgehead atoms. The van der Waals surface area contributed by atoms with E-state index in [9.17, 15) is 9.59 Å². The molecule has 3 rings (SSSR count). The number of nitrogens with zero attached hydrogens (tertiary/aromatic N) is 3. The van der Waals surface area contributed by atoms with E-state index in [1.807, 2.05) is 0 Å². The molecule has 1 aromatic carbocycles. The first-order valence-corrected chi connectivity index (χ1v) is 6.86. The largest absolute Gasteiger partial charge is 0.448 e. The van der Waals surface area contributed by atoms with Crippen molar-refractivity contribution < 1.29 is 14.3 Å². The van der Waals surface area contributed by atoms with E-state index in [1.54, 1.807) is 24.0 Å². The number of benzene rings is 1. The van der Waals surface area contributed by atoms with Gasteiger partial charge in [0.1, 0.15) is 0 Å². The number of nitrogens with two attached hydrogens (primary N) is 1. The Morgan fingerprint density at radius 2 is 2.29 bits per heavy atom. The van der Waals surface area contributed by atoms with Crippen LogP contribution in [0.4, 0.5) is 16.2 Å². The van der Waals surface area contributed by atoms with Crippen LogP contribution in [-0.4, -0.2) is 34.9 Å². The van der Waals surface area contributed by atoms with Gasteiger partial charge in [-0.2, -0.15) is 9.78 Å². The molecule has 2 aromatic rings. The summed E-state index contributed by atoms with van der Waals surface area (Å²) in [4.78, 5) is 25.4. The second-order valence-electron chi connectivity index (χ2n) is 4.87. The van der Waals surface area contributed by atoms with E-state index < -0.39 is 6.09 Å². The van der Waals surface area contributed by atoms with Crippen LogP contribution in [-0.2, 0) is 9.53 Å². The first kappa shape index (κ1) is 13.4. The molecular weight excluding hydrogens is 272 g/mol. The highest BCUT2D eigenvalue weighted by Gasteiger charge is 2.23. The first-order valence-electron chi connectivity index (χ1n) is 6.86. The lowest BCUT2D eigenvalue weighted by Gasteiger charge is -2.16. The molecular formula is C14H16N4O3. The highest BCUT2D eigenvalue weighted by atomic mass is 16.5. The lowest BCUT2D eigenvalue weighted by molar-refractivity contribution is -0.117. The zero-order valence-electron chi connectivity index (χ0n) is 11.7. The maximum absolute atomic E-state index is 11.9. The predicted molar refractivity (Wildman–Crippen MR) is 78.2 cm³/mol. The number of carbonyl (C=O) groups excluding carboxylic acids is 2. The predicted octanol–water partition coefficient (Wildman–Crippen LogP) is 1.75. The van der Waals surface area contributed by atoms with Crippen LogP contribution in [0.3, 0.4) is 0 Å². The molecule has 0 spiro atoms. The zero-order chi connectivity index (χ0) is 15.0. The quantitative estimate of drug-likeness (QED) is 0.850. The minimum absolute atomic E-state index is 0.0657. The molecule has 1 aliphatic rings. The summed E-state index contributed by atoms with van der Waals surface area (Å²) in [7, 11) is 0. The zero-order valence-corrected chi connectivity index (χ0v) is 11.7. The van der Waals surface area contributed by atoms with Crippen LogP contribution in [0.5, 0.6) is 0 Å². The third kappa shape index (κ3) is 2.20. The number of hydrogen-bond acceptors (Lipinski definition) is 5. The Labute approximate surface area is 121 Å². The Morgan fingerprint density at radius 3 is 2.95 bits per heavy atom. The van der Waals surface area contributed by atoms with Gasteiger partial charge in [0.15, 0.2) is 0 Å². The Kier molecular flexibility index (Phi) is 3.25. The fourth-order valence-electron chi connectivity index (χ4n) is 2.55. The van der Waals surface area contributed by atoms with E-state index in [1.165, 1.54) is 10.9 Å². The molecule has 1 aliphatic heterocycles. The SMILES string of the molecule is CCOC(=O)n1ncc2c(N)cc(N3CCCC3=O)cc21. The van der Waals surface area contributed by atoms with E-state index in [4.69, 9.17) is 10.5 Å². The van der Waals surface area contributed by atoms with Gasteiger partial charge in [-0.3, -0.25) is 4.79 Å². The molecule has 1 amide bonds. The van der Waals surface area contributed by atoms with Crippen molar-refractivity contribution in [3.05, 3.63) is 18.3 Å². The van der Waals surface area contributed by atoms with Crippen molar-refractivity contribution in [2.45, 2.75) is 19.8 Å². The molecule has 7 nitrogen and oxygen atoms in total. The van der Waals surface area contributed by atoms with Crippen molar-refractivity contribution in [1.82, 2.24) is 9.78 Å². The second kappa shape index (κ2) is 5.08. The maximum Gasteiger partial charge on any atom is 0.435 e. The number of aromatic nitrogens is 2.